The fraction of sp³-hybridized carbons (Fsp3) is 0.500. The van der Waals surface area contributed by atoms with Crippen LogP contribution in [0.1, 0.15) is 33.6 Å². The molecule has 0 atom stereocenters. The number of aromatic nitrogens is 2. The van der Waals surface area contributed by atoms with E-state index in [1.165, 1.54) is 0 Å². The minimum Gasteiger partial charge on any atom is -0.450 e. The molecule has 29 heavy (non-hydrogen) atoms. The summed E-state index contributed by atoms with van der Waals surface area (Å²) in [6.45, 7) is 8.77. The zero-order chi connectivity index (χ0) is 20.6. The first-order valence-corrected chi connectivity index (χ1v) is 10.4. The Hall–Kier alpha value is -2.83. The van der Waals surface area contributed by atoms with Crippen molar-refractivity contribution in [2.75, 3.05) is 36.9 Å². The molecule has 7 heteroatoms. The zero-order valence-electron chi connectivity index (χ0n) is 17.5. The van der Waals surface area contributed by atoms with Crippen molar-refractivity contribution in [2.24, 2.45) is 5.92 Å². The summed E-state index contributed by atoms with van der Waals surface area (Å²) in [4.78, 5) is 23.1. The Labute approximate surface area is 172 Å². The summed E-state index contributed by atoms with van der Waals surface area (Å²) in [6, 6.07) is 12.3. The molecule has 0 spiro atoms. The molecule has 2 heterocycles. The summed E-state index contributed by atoms with van der Waals surface area (Å²) in [7, 11) is 0. The van der Waals surface area contributed by atoms with Crippen LogP contribution in [-0.4, -0.2) is 53.2 Å². The van der Waals surface area contributed by atoms with E-state index in [4.69, 9.17) is 9.72 Å². The fourth-order valence-corrected chi connectivity index (χ4v) is 3.27. The van der Waals surface area contributed by atoms with Gasteiger partial charge in [-0.3, -0.25) is 0 Å². The Kier molecular flexibility index (Phi) is 7.27. The number of carbonyl (C=O) groups is 1. The van der Waals surface area contributed by atoms with Crippen LogP contribution in [0, 0.1) is 5.92 Å². The monoisotopic (exact) mass is 397 g/mol. The summed E-state index contributed by atoms with van der Waals surface area (Å²) in [5.41, 5.74) is 1.95. The molecule has 0 radical (unpaired) electrons. The molecule has 1 amide bonds. The third-order valence-corrected chi connectivity index (χ3v) is 4.84. The highest BCUT2D eigenvalue weighted by Gasteiger charge is 2.24. The molecule has 1 aromatic carbocycles. The highest BCUT2D eigenvalue weighted by atomic mass is 16.6. The van der Waals surface area contributed by atoms with Gasteiger partial charge in [-0.25, -0.2) is 9.78 Å². The molecular weight excluding hydrogens is 366 g/mol. The first-order chi connectivity index (χ1) is 14.0. The van der Waals surface area contributed by atoms with Gasteiger partial charge >= 0.3 is 6.09 Å². The smallest absolute Gasteiger partial charge is 0.409 e. The van der Waals surface area contributed by atoms with Crippen molar-refractivity contribution in [3.05, 3.63) is 36.4 Å². The summed E-state index contributed by atoms with van der Waals surface area (Å²) >= 11 is 0. The van der Waals surface area contributed by atoms with Gasteiger partial charge in [0, 0.05) is 37.3 Å². The molecule has 2 N–H and O–H groups in total. The molecule has 156 valence electrons. The summed E-state index contributed by atoms with van der Waals surface area (Å²) < 4.78 is 5.10. The maximum Gasteiger partial charge on any atom is 0.409 e. The third-order valence-electron chi connectivity index (χ3n) is 4.84. The minimum atomic E-state index is -0.228. The van der Waals surface area contributed by atoms with Crippen molar-refractivity contribution in [3.8, 4) is 11.3 Å². The van der Waals surface area contributed by atoms with Crippen LogP contribution in [0.3, 0.4) is 0 Å². The number of amides is 1. The van der Waals surface area contributed by atoms with Gasteiger partial charge in [0.1, 0.15) is 5.82 Å². The second kappa shape index (κ2) is 10.1. The SMILES string of the molecule is CCOC(=O)N1CCC(Nc2nc(NCC(C)C)cc(-c3ccccc3)n2)CC1. The minimum absolute atomic E-state index is 0.227. The Bertz CT molecular complexity index is 789. The maximum absolute atomic E-state index is 11.9. The molecule has 1 aromatic heterocycles. The number of anilines is 2. The number of ether oxygens (including phenoxy) is 1. The molecule has 0 bridgehead atoms. The van der Waals surface area contributed by atoms with Crippen molar-refractivity contribution in [3.63, 3.8) is 0 Å². The average molecular weight is 398 g/mol. The lowest BCUT2D eigenvalue weighted by molar-refractivity contribution is 0.0983. The van der Waals surface area contributed by atoms with Gasteiger partial charge in [0.2, 0.25) is 5.95 Å². The third kappa shape index (κ3) is 6.07. The first-order valence-electron chi connectivity index (χ1n) is 10.4. The van der Waals surface area contributed by atoms with E-state index in [0.717, 1.165) is 36.5 Å². The van der Waals surface area contributed by atoms with E-state index < -0.39 is 0 Å². The normalized spacial score (nSPS) is 14.7. The summed E-state index contributed by atoms with van der Waals surface area (Å²) in [5, 5.41) is 6.88. The molecule has 3 rings (SSSR count). The Morgan fingerprint density at radius 1 is 1.21 bits per heavy atom. The van der Waals surface area contributed by atoms with Crippen LogP contribution < -0.4 is 10.6 Å². The molecule has 1 fully saturated rings. The van der Waals surface area contributed by atoms with Crippen LogP contribution in [0.15, 0.2) is 36.4 Å². The molecule has 0 aliphatic carbocycles. The predicted molar refractivity (Wildman–Crippen MR) is 116 cm³/mol. The molecule has 1 saturated heterocycles. The first kappa shape index (κ1) is 20.9. The van der Waals surface area contributed by atoms with E-state index in [1.807, 2.05) is 31.2 Å². The molecule has 0 saturated carbocycles. The van der Waals surface area contributed by atoms with Gasteiger partial charge in [0.05, 0.1) is 12.3 Å². The van der Waals surface area contributed by atoms with E-state index in [0.29, 0.717) is 31.6 Å². The van der Waals surface area contributed by atoms with Crippen LogP contribution >= 0.6 is 0 Å². The second-order valence-electron chi connectivity index (χ2n) is 7.71. The standard InChI is InChI=1S/C22H31N5O2/c1-4-29-22(28)27-12-10-18(11-13-27)24-21-25-19(17-8-6-5-7-9-17)14-20(26-21)23-15-16(2)3/h5-9,14,16,18H,4,10-13,15H2,1-3H3,(H2,23,24,25,26). The number of rotatable bonds is 7. The summed E-state index contributed by atoms with van der Waals surface area (Å²) in [6.07, 6.45) is 1.45. The van der Waals surface area contributed by atoms with Gasteiger partial charge in [0.25, 0.3) is 0 Å². The number of nitrogens with one attached hydrogen (secondary N) is 2. The lowest BCUT2D eigenvalue weighted by Crippen LogP contribution is -2.42. The maximum atomic E-state index is 11.9. The van der Waals surface area contributed by atoms with Crippen LogP contribution in [-0.2, 0) is 4.74 Å². The molecule has 1 aliphatic heterocycles. The van der Waals surface area contributed by atoms with Gasteiger partial charge in [0.15, 0.2) is 0 Å². The van der Waals surface area contributed by atoms with E-state index in [9.17, 15) is 4.79 Å². The second-order valence-corrected chi connectivity index (χ2v) is 7.71. The average Bonchev–Trinajstić information content (AvgIpc) is 2.73. The van der Waals surface area contributed by atoms with Crippen LogP contribution in [0.25, 0.3) is 11.3 Å². The number of piperidine rings is 1. The van der Waals surface area contributed by atoms with Gasteiger partial charge in [-0.05, 0) is 25.7 Å². The van der Waals surface area contributed by atoms with Crippen molar-refractivity contribution in [2.45, 2.75) is 39.7 Å². The molecule has 1 aliphatic rings. The van der Waals surface area contributed by atoms with E-state index in [2.05, 4.69) is 41.6 Å². The largest absolute Gasteiger partial charge is 0.450 e. The number of likely N-dealkylation sites (tertiary alicyclic amines) is 1. The number of carbonyl (C=O) groups excluding carboxylic acids is 1. The highest BCUT2D eigenvalue weighted by Crippen LogP contribution is 2.23. The number of nitrogens with zero attached hydrogens (tertiary/aromatic N) is 3. The predicted octanol–water partition coefficient (Wildman–Crippen LogP) is 4.24. The summed E-state index contributed by atoms with van der Waals surface area (Å²) in [5.74, 6) is 1.96. The zero-order valence-corrected chi connectivity index (χ0v) is 17.5. The number of benzene rings is 1. The van der Waals surface area contributed by atoms with Crippen LogP contribution in [0.2, 0.25) is 0 Å². The number of hydrogen-bond acceptors (Lipinski definition) is 6. The Morgan fingerprint density at radius 3 is 2.59 bits per heavy atom. The van der Waals surface area contributed by atoms with E-state index >= 15 is 0 Å². The van der Waals surface area contributed by atoms with Crippen LogP contribution in [0.4, 0.5) is 16.6 Å². The quantitative estimate of drug-likeness (QED) is 0.727. The van der Waals surface area contributed by atoms with Crippen molar-refractivity contribution >= 4 is 17.9 Å². The highest BCUT2D eigenvalue weighted by molar-refractivity contribution is 5.67. The Morgan fingerprint density at radius 2 is 1.93 bits per heavy atom. The number of hydrogen-bond donors (Lipinski definition) is 2. The van der Waals surface area contributed by atoms with E-state index in [-0.39, 0.29) is 12.1 Å². The van der Waals surface area contributed by atoms with Gasteiger partial charge in [-0.1, -0.05) is 44.2 Å². The Balaban J connectivity index is 1.71. The molecular formula is C22H31N5O2. The topological polar surface area (TPSA) is 79.4 Å². The fourth-order valence-electron chi connectivity index (χ4n) is 3.27. The van der Waals surface area contributed by atoms with Crippen molar-refractivity contribution in [1.29, 1.82) is 0 Å². The van der Waals surface area contributed by atoms with Crippen molar-refractivity contribution in [1.82, 2.24) is 14.9 Å². The van der Waals surface area contributed by atoms with E-state index in [1.54, 1.807) is 4.90 Å². The molecule has 0 unspecified atom stereocenters. The van der Waals surface area contributed by atoms with Gasteiger partial charge in [-0.15, -0.1) is 0 Å². The van der Waals surface area contributed by atoms with Gasteiger partial charge in [-0.2, -0.15) is 4.98 Å². The van der Waals surface area contributed by atoms with Crippen LogP contribution in [0.5, 0.6) is 0 Å². The van der Waals surface area contributed by atoms with Crippen molar-refractivity contribution < 1.29 is 9.53 Å². The lowest BCUT2D eigenvalue weighted by atomic mass is 10.1. The lowest BCUT2D eigenvalue weighted by Gasteiger charge is -2.31. The molecule has 2 aromatic rings. The molecule has 7 nitrogen and oxygen atoms in total. The van der Waals surface area contributed by atoms with Gasteiger partial charge < -0.3 is 20.3 Å².